The highest BCUT2D eigenvalue weighted by Gasteiger charge is 2.12. The van der Waals surface area contributed by atoms with Gasteiger partial charge in [-0.05, 0) is 6.92 Å². The molecule has 0 amide bonds. The minimum atomic E-state index is -0.947. The molecule has 0 saturated heterocycles. The first-order valence-corrected chi connectivity index (χ1v) is 5.25. The molecule has 0 aliphatic heterocycles. The molecule has 0 spiro atoms. The van der Waals surface area contributed by atoms with Gasteiger partial charge in [-0.1, -0.05) is 0 Å². The molecule has 6 heteroatoms. The summed E-state index contributed by atoms with van der Waals surface area (Å²) in [6, 6.07) is 0. The molecule has 0 fully saturated rings. The Hall–Kier alpha value is -1.69. The first kappa shape index (κ1) is 9.85. The van der Waals surface area contributed by atoms with Crippen molar-refractivity contribution in [3.8, 4) is 0 Å². The predicted octanol–water partition coefficient (Wildman–Crippen LogP) is 1.39. The maximum Gasteiger partial charge on any atom is 0.339 e. The zero-order chi connectivity index (χ0) is 10.8. The second kappa shape index (κ2) is 3.82. The summed E-state index contributed by atoms with van der Waals surface area (Å²) in [6.45, 7) is 2.26. The lowest BCUT2D eigenvalue weighted by molar-refractivity contribution is 0.0696. The van der Waals surface area contributed by atoms with Gasteiger partial charge in [0.25, 0.3) is 0 Å². The second-order valence-electron chi connectivity index (χ2n) is 3.09. The molecular weight excluding hydrogens is 214 g/mol. The van der Waals surface area contributed by atoms with Crippen LogP contribution in [0.1, 0.15) is 21.7 Å². The molecular formula is C9H9N3O2S. The number of thiazole rings is 1. The van der Waals surface area contributed by atoms with Crippen LogP contribution < -0.4 is 0 Å². The number of hydrogen-bond acceptors (Lipinski definition) is 4. The summed E-state index contributed by atoms with van der Waals surface area (Å²) < 4.78 is 1.64. The molecule has 15 heavy (non-hydrogen) atoms. The lowest BCUT2D eigenvalue weighted by Crippen LogP contribution is -2.05. The number of carboxylic acids is 1. The van der Waals surface area contributed by atoms with Gasteiger partial charge in [0.05, 0.1) is 29.6 Å². The highest BCUT2D eigenvalue weighted by molar-refractivity contribution is 7.07. The van der Waals surface area contributed by atoms with Crippen LogP contribution in [-0.4, -0.2) is 25.8 Å². The molecule has 0 radical (unpaired) electrons. The van der Waals surface area contributed by atoms with Gasteiger partial charge in [0, 0.05) is 5.38 Å². The monoisotopic (exact) mass is 223 g/mol. The van der Waals surface area contributed by atoms with Crippen molar-refractivity contribution in [3.63, 3.8) is 0 Å². The maximum atomic E-state index is 10.8. The zero-order valence-electron chi connectivity index (χ0n) is 8.04. The van der Waals surface area contributed by atoms with Crippen molar-refractivity contribution >= 4 is 17.3 Å². The van der Waals surface area contributed by atoms with Gasteiger partial charge in [0.2, 0.25) is 0 Å². The topological polar surface area (TPSA) is 68.0 Å². The maximum absolute atomic E-state index is 10.8. The molecule has 0 unspecified atom stereocenters. The van der Waals surface area contributed by atoms with Gasteiger partial charge in [-0.3, -0.25) is 4.68 Å². The summed E-state index contributed by atoms with van der Waals surface area (Å²) in [5.74, 6) is -0.947. The van der Waals surface area contributed by atoms with E-state index in [2.05, 4.69) is 10.1 Å². The number of carboxylic acid groups (broad SMARTS) is 1. The molecule has 2 aromatic heterocycles. The van der Waals surface area contributed by atoms with Gasteiger partial charge in [0.1, 0.15) is 5.56 Å². The van der Waals surface area contributed by atoms with E-state index in [1.165, 1.54) is 17.5 Å². The summed E-state index contributed by atoms with van der Waals surface area (Å²) in [5, 5.41) is 14.8. The Balaban J connectivity index is 2.27. The van der Waals surface area contributed by atoms with Crippen molar-refractivity contribution in [1.29, 1.82) is 0 Å². The normalized spacial score (nSPS) is 10.5. The summed E-state index contributed by atoms with van der Waals surface area (Å²) in [4.78, 5) is 14.9. The van der Waals surface area contributed by atoms with Crippen LogP contribution in [0.4, 0.5) is 0 Å². The Morgan fingerprint density at radius 3 is 3.00 bits per heavy atom. The van der Waals surface area contributed by atoms with Gasteiger partial charge in [-0.15, -0.1) is 11.3 Å². The summed E-state index contributed by atoms with van der Waals surface area (Å²) in [7, 11) is 0. The fourth-order valence-electron chi connectivity index (χ4n) is 1.28. The van der Waals surface area contributed by atoms with Crippen LogP contribution in [0.15, 0.2) is 17.1 Å². The van der Waals surface area contributed by atoms with Crippen molar-refractivity contribution in [1.82, 2.24) is 14.8 Å². The lowest BCUT2D eigenvalue weighted by Gasteiger charge is -2.01. The number of rotatable bonds is 3. The number of aromatic carboxylic acids is 1. The molecule has 0 bridgehead atoms. The molecule has 0 saturated carbocycles. The summed E-state index contributed by atoms with van der Waals surface area (Å²) >= 11 is 1.51. The van der Waals surface area contributed by atoms with E-state index in [0.29, 0.717) is 12.2 Å². The molecule has 1 N–H and O–H groups in total. The van der Waals surface area contributed by atoms with Crippen molar-refractivity contribution in [3.05, 3.63) is 34.0 Å². The molecule has 0 aliphatic carbocycles. The first-order valence-electron chi connectivity index (χ1n) is 4.31. The molecule has 5 nitrogen and oxygen atoms in total. The van der Waals surface area contributed by atoms with E-state index < -0.39 is 5.97 Å². The molecule has 2 rings (SSSR count). The highest BCUT2D eigenvalue weighted by atomic mass is 32.1. The SMILES string of the molecule is Cc1c(C(=O)O)cnn1Cc1cscn1. The lowest BCUT2D eigenvalue weighted by atomic mass is 10.3. The third-order valence-corrected chi connectivity index (χ3v) is 2.76. The van der Waals surface area contributed by atoms with Crippen molar-refractivity contribution < 1.29 is 9.90 Å². The molecule has 0 aliphatic rings. The third-order valence-electron chi connectivity index (χ3n) is 2.13. The van der Waals surface area contributed by atoms with Crippen molar-refractivity contribution in [2.24, 2.45) is 0 Å². The molecule has 2 aromatic rings. The van der Waals surface area contributed by atoms with Gasteiger partial charge in [0.15, 0.2) is 0 Å². The van der Waals surface area contributed by atoms with Crippen LogP contribution in [0.2, 0.25) is 0 Å². The first-order chi connectivity index (χ1) is 7.18. The largest absolute Gasteiger partial charge is 0.478 e. The minimum Gasteiger partial charge on any atom is -0.478 e. The number of aromatic nitrogens is 3. The van der Waals surface area contributed by atoms with Crippen molar-refractivity contribution in [2.45, 2.75) is 13.5 Å². The van der Waals surface area contributed by atoms with Crippen LogP contribution in [0.25, 0.3) is 0 Å². The number of nitrogens with zero attached hydrogens (tertiary/aromatic N) is 3. The smallest absolute Gasteiger partial charge is 0.339 e. The number of hydrogen-bond donors (Lipinski definition) is 1. The summed E-state index contributed by atoms with van der Waals surface area (Å²) in [5.41, 5.74) is 3.52. The molecule has 2 heterocycles. The highest BCUT2D eigenvalue weighted by Crippen LogP contribution is 2.10. The number of carbonyl (C=O) groups is 1. The van der Waals surface area contributed by atoms with Gasteiger partial charge in [-0.2, -0.15) is 5.10 Å². The van der Waals surface area contributed by atoms with Crippen LogP contribution in [0.5, 0.6) is 0 Å². The van der Waals surface area contributed by atoms with E-state index in [1.807, 2.05) is 5.38 Å². The van der Waals surface area contributed by atoms with E-state index in [1.54, 1.807) is 17.1 Å². The zero-order valence-corrected chi connectivity index (χ0v) is 8.86. The molecule has 0 aromatic carbocycles. The quantitative estimate of drug-likeness (QED) is 0.853. The Labute approximate surface area is 90.0 Å². The van der Waals surface area contributed by atoms with Crippen LogP contribution in [0.3, 0.4) is 0 Å². The van der Waals surface area contributed by atoms with Crippen LogP contribution in [-0.2, 0) is 6.54 Å². The third kappa shape index (κ3) is 1.89. The van der Waals surface area contributed by atoms with Crippen LogP contribution in [0, 0.1) is 6.92 Å². The van der Waals surface area contributed by atoms with E-state index in [4.69, 9.17) is 5.11 Å². The Morgan fingerprint density at radius 1 is 1.67 bits per heavy atom. The van der Waals surface area contributed by atoms with Crippen LogP contribution >= 0.6 is 11.3 Å². The predicted molar refractivity (Wildman–Crippen MR) is 55.1 cm³/mol. The Bertz CT molecular complexity index is 476. The van der Waals surface area contributed by atoms with Gasteiger partial charge < -0.3 is 5.11 Å². The second-order valence-corrected chi connectivity index (χ2v) is 3.80. The fraction of sp³-hybridized carbons (Fsp3) is 0.222. The van der Waals surface area contributed by atoms with E-state index in [0.717, 1.165) is 5.69 Å². The average molecular weight is 223 g/mol. The van der Waals surface area contributed by atoms with E-state index >= 15 is 0 Å². The van der Waals surface area contributed by atoms with Gasteiger partial charge >= 0.3 is 5.97 Å². The van der Waals surface area contributed by atoms with Crippen molar-refractivity contribution in [2.75, 3.05) is 0 Å². The fourth-order valence-corrected chi connectivity index (χ4v) is 1.83. The Morgan fingerprint density at radius 2 is 2.47 bits per heavy atom. The standard InChI is InChI=1S/C9H9N3O2S/c1-6-8(9(13)14)2-11-12(6)3-7-4-15-5-10-7/h2,4-5H,3H2,1H3,(H,13,14). The van der Waals surface area contributed by atoms with E-state index in [-0.39, 0.29) is 5.56 Å². The van der Waals surface area contributed by atoms with E-state index in [9.17, 15) is 4.79 Å². The Kier molecular flexibility index (Phi) is 2.51. The molecule has 0 atom stereocenters. The minimum absolute atomic E-state index is 0.241. The summed E-state index contributed by atoms with van der Waals surface area (Å²) in [6.07, 6.45) is 1.37. The average Bonchev–Trinajstić information content (AvgIpc) is 2.78. The van der Waals surface area contributed by atoms with Gasteiger partial charge in [-0.25, -0.2) is 9.78 Å². The molecule has 78 valence electrons.